The van der Waals surface area contributed by atoms with Gasteiger partial charge in [-0.25, -0.2) is 13.1 Å². The zero-order chi connectivity index (χ0) is 23.1. The van der Waals surface area contributed by atoms with Crippen LogP contribution in [0.1, 0.15) is 41.6 Å². The van der Waals surface area contributed by atoms with Gasteiger partial charge in [0.25, 0.3) is 5.91 Å². The number of hydrogen-bond donors (Lipinski definition) is 1. The molecule has 1 heterocycles. The normalized spacial score (nSPS) is 14.8. The number of thioether (sulfide) groups is 1. The summed E-state index contributed by atoms with van der Waals surface area (Å²) in [5.74, 6) is 0.474. The van der Waals surface area contributed by atoms with E-state index in [1.165, 1.54) is 23.9 Å². The van der Waals surface area contributed by atoms with Gasteiger partial charge in [-0.2, -0.15) is 0 Å². The van der Waals surface area contributed by atoms with Crippen molar-refractivity contribution in [2.75, 3.05) is 32.5 Å². The Morgan fingerprint density at radius 2 is 1.84 bits per heavy atom. The molecule has 3 rings (SSSR count). The fraction of sp³-hybridized carbons (Fsp3) is 0.435. The number of nitrogens with zero attached hydrogens (tertiary/aromatic N) is 1. The molecule has 0 unspecified atom stereocenters. The monoisotopic (exact) mass is 496 g/mol. The van der Waals surface area contributed by atoms with Crippen molar-refractivity contribution in [1.29, 1.82) is 0 Å². The van der Waals surface area contributed by atoms with Gasteiger partial charge in [0.2, 0.25) is 10.0 Å². The van der Waals surface area contributed by atoms with Crippen LogP contribution < -0.4 is 9.46 Å². The smallest absolute Gasteiger partial charge is 0.255 e. The number of nitrogens with one attached hydrogen (secondary N) is 1. The van der Waals surface area contributed by atoms with Gasteiger partial charge in [-0.3, -0.25) is 4.79 Å². The molecule has 1 N–H and O–H groups in total. The number of amides is 1. The van der Waals surface area contributed by atoms with Gasteiger partial charge < -0.3 is 9.64 Å². The van der Waals surface area contributed by atoms with Crippen molar-refractivity contribution in [3.63, 3.8) is 0 Å². The number of aryl methyl sites for hydroxylation is 1. The van der Waals surface area contributed by atoms with Crippen LogP contribution in [0.2, 0.25) is 5.02 Å². The third kappa shape index (κ3) is 6.41. The molecule has 0 saturated carbocycles. The van der Waals surface area contributed by atoms with Crippen LogP contribution in [0.3, 0.4) is 0 Å². The molecular formula is C23H29ClN2O4S2. The minimum absolute atomic E-state index is 0.0758. The van der Waals surface area contributed by atoms with Gasteiger partial charge in [0, 0.05) is 29.6 Å². The second kappa shape index (κ2) is 11.4. The number of carbonyl (C=O) groups excluding carboxylic acids is 1. The summed E-state index contributed by atoms with van der Waals surface area (Å²) in [4.78, 5) is 15.8. The first-order valence-corrected chi connectivity index (χ1v) is 13.8. The van der Waals surface area contributed by atoms with E-state index in [0.717, 1.165) is 36.1 Å². The predicted molar refractivity (Wildman–Crippen MR) is 129 cm³/mol. The molecular weight excluding hydrogens is 468 g/mol. The fourth-order valence-electron chi connectivity index (χ4n) is 3.56. The highest BCUT2D eigenvalue weighted by Crippen LogP contribution is 2.26. The van der Waals surface area contributed by atoms with Crippen LogP contribution in [0.5, 0.6) is 5.75 Å². The highest BCUT2D eigenvalue weighted by molar-refractivity contribution is 7.98. The van der Waals surface area contributed by atoms with Crippen molar-refractivity contribution in [3.05, 3.63) is 52.5 Å². The van der Waals surface area contributed by atoms with Crippen LogP contribution in [-0.2, 0) is 10.0 Å². The molecule has 0 spiro atoms. The lowest BCUT2D eigenvalue weighted by atomic mass is 10.2. The van der Waals surface area contributed by atoms with Crippen LogP contribution >= 0.6 is 23.4 Å². The quantitative estimate of drug-likeness (QED) is 0.422. The third-order valence-corrected chi connectivity index (χ3v) is 8.07. The van der Waals surface area contributed by atoms with Crippen LogP contribution in [-0.4, -0.2) is 51.7 Å². The topological polar surface area (TPSA) is 75.7 Å². The first-order chi connectivity index (χ1) is 15.3. The maximum absolute atomic E-state index is 13.1. The zero-order valence-electron chi connectivity index (χ0n) is 18.4. The maximum atomic E-state index is 13.1. The minimum atomic E-state index is -3.78. The molecule has 1 fully saturated rings. The highest BCUT2D eigenvalue weighted by Gasteiger charge is 2.23. The Bertz CT molecular complexity index is 1050. The van der Waals surface area contributed by atoms with Crippen molar-refractivity contribution < 1.29 is 17.9 Å². The Kier molecular flexibility index (Phi) is 8.87. The Morgan fingerprint density at radius 3 is 2.50 bits per heavy atom. The molecule has 1 aliphatic heterocycles. The van der Waals surface area contributed by atoms with Crippen molar-refractivity contribution in [2.24, 2.45) is 0 Å². The van der Waals surface area contributed by atoms with Gasteiger partial charge in [-0.1, -0.05) is 30.5 Å². The summed E-state index contributed by atoms with van der Waals surface area (Å²) >= 11 is 7.53. The molecule has 1 saturated heterocycles. The lowest BCUT2D eigenvalue weighted by Gasteiger charge is -2.22. The van der Waals surface area contributed by atoms with E-state index in [1.54, 1.807) is 18.2 Å². The highest BCUT2D eigenvalue weighted by atomic mass is 35.5. The number of ether oxygens (including phenoxy) is 1. The third-order valence-electron chi connectivity index (χ3n) is 5.41. The summed E-state index contributed by atoms with van der Waals surface area (Å²) < 4.78 is 33.8. The largest absolute Gasteiger partial charge is 0.492 e. The minimum Gasteiger partial charge on any atom is -0.492 e. The summed E-state index contributed by atoms with van der Waals surface area (Å²) in [6.07, 6.45) is 6.08. The molecule has 9 heteroatoms. The van der Waals surface area contributed by atoms with Gasteiger partial charge in [-0.15, -0.1) is 11.8 Å². The summed E-state index contributed by atoms with van der Waals surface area (Å²) in [6.45, 7) is 3.56. The molecule has 2 aromatic rings. The first kappa shape index (κ1) is 24.9. The van der Waals surface area contributed by atoms with E-state index < -0.39 is 10.0 Å². The molecule has 0 atom stereocenters. The van der Waals surface area contributed by atoms with Crippen molar-refractivity contribution in [2.45, 2.75) is 42.4 Å². The Morgan fingerprint density at radius 1 is 1.12 bits per heavy atom. The first-order valence-electron chi connectivity index (χ1n) is 10.7. The van der Waals surface area contributed by atoms with Gasteiger partial charge in [-0.05, 0) is 61.9 Å². The van der Waals surface area contributed by atoms with Gasteiger partial charge in [0.1, 0.15) is 12.4 Å². The Labute approximate surface area is 199 Å². The maximum Gasteiger partial charge on any atom is 0.255 e. The second-order valence-electron chi connectivity index (χ2n) is 7.73. The van der Waals surface area contributed by atoms with Crippen molar-refractivity contribution in [3.8, 4) is 5.75 Å². The average Bonchev–Trinajstić information content (AvgIpc) is 3.07. The molecule has 0 radical (unpaired) electrons. The summed E-state index contributed by atoms with van der Waals surface area (Å²) in [5.41, 5.74) is 1.38. The lowest BCUT2D eigenvalue weighted by molar-refractivity contribution is 0.0758. The van der Waals surface area contributed by atoms with E-state index in [2.05, 4.69) is 4.72 Å². The van der Waals surface area contributed by atoms with E-state index in [1.807, 2.05) is 24.1 Å². The van der Waals surface area contributed by atoms with E-state index >= 15 is 0 Å². The number of halogens is 1. The zero-order valence-corrected chi connectivity index (χ0v) is 20.8. The molecule has 0 aromatic heterocycles. The van der Waals surface area contributed by atoms with Gasteiger partial charge in [0.15, 0.2) is 0 Å². The van der Waals surface area contributed by atoms with E-state index in [-0.39, 0.29) is 24.0 Å². The Balaban J connectivity index is 1.68. The molecule has 174 valence electrons. The van der Waals surface area contributed by atoms with Crippen LogP contribution in [0, 0.1) is 6.92 Å². The standard InChI is InChI=1S/C23H29ClN2O4S2/c1-17-7-8-18(15-21(17)24)30-14-11-25-32(28,29)19-9-10-22(31-2)20(16-19)23(27)26-12-5-3-4-6-13-26/h7-10,15-16,25H,3-6,11-14H2,1-2H3. The number of sulfonamides is 1. The molecule has 2 aromatic carbocycles. The Hall–Kier alpha value is -1.74. The summed E-state index contributed by atoms with van der Waals surface area (Å²) in [5, 5.41) is 0.596. The van der Waals surface area contributed by atoms with E-state index in [9.17, 15) is 13.2 Å². The molecule has 6 nitrogen and oxygen atoms in total. The summed E-state index contributed by atoms with van der Waals surface area (Å²) in [7, 11) is -3.78. The molecule has 0 bridgehead atoms. The average molecular weight is 497 g/mol. The van der Waals surface area contributed by atoms with Gasteiger partial charge in [0.05, 0.1) is 10.5 Å². The van der Waals surface area contributed by atoms with Gasteiger partial charge >= 0.3 is 0 Å². The molecule has 32 heavy (non-hydrogen) atoms. The number of carbonyl (C=O) groups is 1. The number of hydrogen-bond acceptors (Lipinski definition) is 5. The van der Waals surface area contributed by atoms with Crippen molar-refractivity contribution in [1.82, 2.24) is 9.62 Å². The SMILES string of the molecule is CSc1ccc(S(=O)(=O)NCCOc2ccc(C)c(Cl)c2)cc1C(=O)N1CCCCCC1. The fourth-order valence-corrected chi connectivity index (χ4v) is 5.34. The summed E-state index contributed by atoms with van der Waals surface area (Å²) in [6, 6.07) is 10.1. The van der Waals surface area contributed by atoms with Crippen molar-refractivity contribution >= 4 is 39.3 Å². The van der Waals surface area contributed by atoms with Crippen LogP contribution in [0.15, 0.2) is 46.2 Å². The second-order valence-corrected chi connectivity index (χ2v) is 10.7. The van der Waals surface area contributed by atoms with Crippen LogP contribution in [0.25, 0.3) is 0 Å². The number of rotatable bonds is 8. The molecule has 1 amide bonds. The molecule has 0 aliphatic carbocycles. The number of likely N-dealkylation sites (tertiary alicyclic amines) is 1. The van der Waals surface area contributed by atoms with E-state index in [4.69, 9.17) is 16.3 Å². The van der Waals surface area contributed by atoms with E-state index in [0.29, 0.717) is 29.4 Å². The molecule has 1 aliphatic rings. The predicted octanol–water partition coefficient (Wildman–Crippen LogP) is 4.74. The van der Waals surface area contributed by atoms with Crippen LogP contribution in [0.4, 0.5) is 0 Å². The lowest BCUT2D eigenvalue weighted by Crippen LogP contribution is -2.33. The number of benzene rings is 2.